The first-order valence-electron chi connectivity index (χ1n) is 6.15. The van der Waals surface area contributed by atoms with Gasteiger partial charge in [-0.25, -0.2) is 9.59 Å². The van der Waals surface area contributed by atoms with Crippen LogP contribution in [-0.4, -0.2) is 27.8 Å². The van der Waals surface area contributed by atoms with Crippen LogP contribution in [0, 0.1) is 0 Å². The number of ketones is 1. The number of carbonyl (C=O) groups excluding carboxylic acids is 2. The van der Waals surface area contributed by atoms with Crippen molar-refractivity contribution in [3.63, 3.8) is 0 Å². The van der Waals surface area contributed by atoms with Crippen molar-refractivity contribution < 1.29 is 24.2 Å². The fourth-order valence-corrected chi connectivity index (χ4v) is 2.73. The lowest BCUT2D eigenvalue weighted by Gasteiger charge is -2.04. The second kappa shape index (κ2) is 3.69. The molecular weight excluding hydrogens is 274 g/mol. The smallest absolute Gasteiger partial charge is 0.385 e. The average molecular weight is 281 g/mol. The van der Waals surface area contributed by atoms with E-state index in [4.69, 9.17) is 4.74 Å². The van der Waals surface area contributed by atoms with Crippen LogP contribution in [0.1, 0.15) is 20.7 Å². The molecule has 2 N–H and O–H groups in total. The molecule has 0 saturated heterocycles. The summed E-state index contributed by atoms with van der Waals surface area (Å²) in [4.78, 5) is 37.8. The van der Waals surface area contributed by atoms with E-state index in [0.29, 0.717) is 16.3 Å². The molecule has 1 aromatic heterocycles. The van der Waals surface area contributed by atoms with E-state index < -0.39 is 17.7 Å². The number of H-pyrrole nitrogens is 1. The van der Waals surface area contributed by atoms with Gasteiger partial charge in [-0.2, -0.15) is 0 Å². The Morgan fingerprint density at radius 3 is 2.67 bits per heavy atom. The number of carbonyl (C=O) groups is 3. The number of ether oxygens (including phenoxy) is 1. The van der Waals surface area contributed by atoms with Gasteiger partial charge in [0.1, 0.15) is 5.56 Å². The lowest BCUT2D eigenvalue weighted by molar-refractivity contribution is -0.128. The maximum atomic E-state index is 11.7. The molecule has 6 heteroatoms. The minimum atomic E-state index is -1.25. The molecule has 21 heavy (non-hydrogen) atoms. The molecule has 1 aliphatic rings. The maximum absolute atomic E-state index is 11.7. The first kappa shape index (κ1) is 11.7. The van der Waals surface area contributed by atoms with Gasteiger partial charge >= 0.3 is 11.9 Å². The highest BCUT2D eigenvalue weighted by Gasteiger charge is 2.36. The molecule has 0 spiro atoms. The summed E-state index contributed by atoms with van der Waals surface area (Å²) < 4.78 is 4.85. The molecule has 0 atom stereocenters. The van der Waals surface area contributed by atoms with E-state index >= 15 is 0 Å². The Morgan fingerprint density at radius 1 is 1.14 bits per heavy atom. The van der Waals surface area contributed by atoms with Gasteiger partial charge in [-0.3, -0.25) is 4.79 Å². The normalized spacial score (nSPS) is 13.7. The number of carboxylic acids is 1. The highest BCUT2D eigenvalue weighted by atomic mass is 16.5. The number of carboxylic acid groups (broad SMARTS) is 1. The third-order valence-corrected chi connectivity index (χ3v) is 3.58. The Labute approximate surface area is 116 Å². The molecule has 0 saturated carbocycles. The van der Waals surface area contributed by atoms with Crippen molar-refractivity contribution in [1.82, 2.24) is 4.98 Å². The number of fused-ring (bicyclic) bond motifs is 4. The lowest BCUT2D eigenvalue weighted by Crippen LogP contribution is -2.10. The van der Waals surface area contributed by atoms with Crippen molar-refractivity contribution in [2.45, 2.75) is 0 Å². The molecule has 6 nitrogen and oxygen atoms in total. The first-order valence-corrected chi connectivity index (χ1v) is 6.15. The van der Waals surface area contributed by atoms with Gasteiger partial charge in [0.05, 0.1) is 5.56 Å². The second-order valence-corrected chi connectivity index (χ2v) is 4.75. The molecule has 0 fully saturated rings. The summed E-state index contributed by atoms with van der Waals surface area (Å²) in [5.41, 5.74) is 1.05. The van der Waals surface area contributed by atoms with Gasteiger partial charge in [0.25, 0.3) is 5.78 Å². The van der Waals surface area contributed by atoms with E-state index in [0.717, 1.165) is 5.52 Å². The molecule has 0 bridgehead atoms. The van der Waals surface area contributed by atoms with Gasteiger partial charge in [-0.15, -0.1) is 0 Å². The van der Waals surface area contributed by atoms with Gasteiger partial charge in [0.15, 0.2) is 5.75 Å². The zero-order valence-electron chi connectivity index (χ0n) is 10.5. The van der Waals surface area contributed by atoms with Crippen LogP contribution >= 0.6 is 0 Å². The Kier molecular flexibility index (Phi) is 2.05. The highest BCUT2D eigenvalue weighted by molar-refractivity contribution is 6.45. The third-order valence-electron chi connectivity index (χ3n) is 3.58. The highest BCUT2D eigenvalue weighted by Crippen LogP contribution is 2.39. The van der Waals surface area contributed by atoms with Crippen molar-refractivity contribution in [2.24, 2.45) is 0 Å². The molecule has 0 amide bonds. The molecular formula is C15H7NO5. The van der Waals surface area contributed by atoms with E-state index in [9.17, 15) is 19.5 Å². The number of rotatable bonds is 1. The minimum absolute atomic E-state index is 0.0172. The van der Waals surface area contributed by atoms with Crippen LogP contribution in [0.25, 0.3) is 21.8 Å². The molecule has 4 rings (SSSR count). The number of Topliss-reactive ketones (excluding diaryl/α,β-unsaturated/α-hetero) is 1. The summed E-state index contributed by atoms with van der Waals surface area (Å²) in [6.07, 6.45) is 0. The lowest BCUT2D eigenvalue weighted by atomic mass is 10.0. The van der Waals surface area contributed by atoms with Crippen LogP contribution in [0.2, 0.25) is 0 Å². The second-order valence-electron chi connectivity index (χ2n) is 4.75. The van der Waals surface area contributed by atoms with Gasteiger partial charge in [-0.05, 0) is 12.1 Å². The summed E-state index contributed by atoms with van der Waals surface area (Å²) in [6, 6.07) is 8.64. The summed E-state index contributed by atoms with van der Waals surface area (Å²) >= 11 is 0. The molecule has 1 aliphatic heterocycles. The van der Waals surface area contributed by atoms with Crippen LogP contribution in [0.5, 0.6) is 5.75 Å². The zero-order valence-corrected chi connectivity index (χ0v) is 10.5. The van der Waals surface area contributed by atoms with E-state index in [-0.39, 0.29) is 16.9 Å². The molecule has 2 heterocycles. The van der Waals surface area contributed by atoms with Crippen LogP contribution in [0.3, 0.4) is 0 Å². The molecule has 102 valence electrons. The number of hydrogen-bond donors (Lipinski definition) is 2. The number of aromatic amines is 1. The van der Waals surface area contributed by atoms with E-state index in [2.05, 4.69) is 4.98 Å². The van der Waals surface area contributed by atoms with E-state index in [1.54, 1.807) is 18.2 Å². The Hall–Kier alpha value is -3.15. The average Bonchev–Trinajstić information content (AvgIpc) is 2.95. The summed E-state index contributed by atoms with van der Waals surface area (Å²) in [5, 5.41) is 10.6. The van der Waals surface area contributed by atoms with Gasteiger partial charge < -0.3 is 14.8 Å². The van der Waals surface area contributed by atoms with Crippen LogP contribution in [0.4, 0.5) is 0 Å². The predicted molar refractivity (Wildman–Crippen MR) is 72.7 cm³/mol. The number of para-hydroxylation sites is 1. The topological polar surface area (TPSA) is 96.5 Å². The zero-order chi connectivity index (χ0) is 14.7. The molecule has 0 aliphatic carbocycles. The number of esters is 1. The quantitative estimate of drug-likeness (QED) is 0.404. The molecule has 0 unspecified atom stereocenters. The number of benzene rings is 2. The van der Waals surface area contributed by atoms with E-state index in [1.807, 2.05) is 6.07 Å². The first-order chi connectivity index (χ1) is 10.1. The van der Waals surface area contributed by atoms with Crippen molar-refractivity contribution in [3.8, 4) is 5.75 Å². The van der Waals surface area contributed by atoms with Crippen LogP contribution in [-0.2, 0) is 4.79 Å². The fraction of sp³-hybridized carbons (Fsp3) is 0. The SMILES string of the molecule is O=C1Oc2c(cc3[nH]c4ccccc4c3c2C(=O)O)C1=O. The molecule has 0 radical (unpaired) electrons. The summed E-state index contributed by atoms with van der Waals surface area (Å²) in [6.45, 7) is 0. The maximum Gasteiger partial charge on any atom is 0.385 e. The van der Waals surface area contributed by atoms with Crippen molar-refractivity contribution in [3.05, 3.63) is 41.5 Å². The van der Waals surface area contributed by atoms with Crippen molar-refractivity contribution in [2.75, 3.05) is 0 Å². The largest absolute Gasteiger partial charge is 0.478 e. The van der Waals surface area contributed by atoms with Crippen molar-refractivity contribution in [1.29, 1.82) is 0 Å². The summed E-state index contributed by atoms with van der Waals surface area (Å²) in [7, 11) is 0. The Bertz CT molecular complexity index is 983. The molecule has 3 aromatic rings. The molecule has 2 aromatic carbocycles. The predicted octanol–water partition coefficient (Wildman–Crippen LogP) is 2.12. The van der Waals surface area contributed by atoms with Crippen molar-refractivity contribution >= 4 is 39.5 Å². The standard InChI is InChI=1S/C15H7NO5/c17-12-7-5-9-10(6-3-1-2-4-8(6)16-9)11(14(18)19)13(7)21-15(12)20/h1-5,16H,(H,18,19). The number of nitrogens with one attached hydrogen (secondary N) is 1. The number of hydrogen-bond acceptors (Lipinski definition) is 4. The van der Waals surface area contributed by atoms with Gasteiger partial charge in [-0.1, -0.05) is 18.2 Å². The fourth-order valence-electron chi connectivity index (χ4n) is 2.73. The van der Waals surface area contributed by atoms with Gasteiger partial charge in [0.2, 0.25) is 0 Å². The monoisotopic (exact) mass is 281 g/mol. The van der Waals surface area contributed by atoms with E-state index in [1.165, 1.54) is 6.07 Å². The minimum Gasteiger partial charge on any atom is -0.478 e. The summed E-state index contributed by atoms with van der Waals surface area (Å²) in [5.74, 6) is -3.30. The number of aromatic nitrogens is 1. The van der Waals surface area contributed by atoms with Crippen LogP contribution in [0.15, 0.2) is 30.3 Å². The van der Waals surface area contributed by atoms with Crippen LogP contribution < -0.4 is 4.74 Å². The Balaban J connectivity index is 2.26. The Morgan fingerprint density at radius 2 is 1.90 bits per heavy atom. The third kappa shape index (κ3) is 1.38. The number of aromatic carboxylic acids is 1. The van der Waals surface area contributed by atoms with Gasteiger partial charge in [0, 0.05) is 21.8 Å².